The fourth-order valence-electron chi connectivity index (χ4n) is 1.54. The molecule has 2 rings (SSSR count). The predicted molar refractivity (Wildman–Crippen MR) is 87.0 cm³/mol. The molecule has 0 spiro atoms. The van der Waals surface area contributed by atoms with Crippen LogP contribution in [0.1, 0.15) is 5.56 Å². The maximum Gasteiger partial charge on any atom is 0.412 e. The van der Waals surface area contributed by atoms with E-state index >= 15 is 0 Å². The van der Waals surface area contributed by atoms with Crippen molar-refractivity contribution in [2.24, 2.45) is 0 Å². The van der Waals surface area contributed by atoms with E-state index in [-0.39, 0.29) is 20.3 Å². The van der Waals surface area contributed by atoms with Crippen LogP contribution in [-0.4, -0.2) is 6.09 Å². The van der Waals surface area contributed by atoms with Gasteiger partial charge in [0.05, 0.1) is 10.2 Å². The van der Waals surface area contributed by atoms with Crippen LogP contribution in [0.4, 0.5) is 19.3 Å². The Labute approximate surface area is 142 Å². The van der Waals surface area contributed by atoms with Gasteiger partial charge in [0.1, 0.15) is 12.4 Å². The molecule has 0 saturated heterocycles. The van der Waals surface area contributed by atoms with Gasteiger partial charge < -0.3 is 4.74 Å². The summed E-state index contributed by atoms with van der Waals surface area (Å²) in [4.78, 5) is 11.7. The lowest BCUT2D eigenvalue weighted by molar-refractivity contribution is 0.155. The quantitative estimate of drug-likeness (QED) is 0.388. The lowest BCUT2D eigenvalue weighted by atomic mass is 10.2. The van der Waals surface area contributed by atoms with E-state index < -0.39 is 17.7 Å². The summed E-state index contributed by atoms with van der Waals surface area (Å²) in [5, 5.41) is 2.28. The molecule has 0 heterocycles. The molecule has 1 amide bonds. The molecule has 0 aromatic heterocycles. The second-order valence-electron chi connectivity index (χ2n) is 4.03. The standard InChI is InChI=1S/C14H9BrF2INO2/c15-11-9(16)6-10(18)13(12(11)17)19-14(20)21-7-8-4-2-1-3-5-8/h1-6H,7H2,(H,19,20). The maximum atomic E-state index is 13.9. The van der Waals surface area contributed by atoms with E-state index in [0.29, 0.717) is 0 Å². The van der Waals surface area contributed by atoms with Crippen molar-refractivity contribution in [1.29, 1.82) is 0 Å². The number of carbonyl (C=O) groups is 1. The minimum Gasteiger partial charge on any atom is -0.444 e. The molecule has 0 bridgehead atoms. The summed E-state index contributed by atoms with van der Waals surface area (Å²) in [5.41, 5.74) is 0.685. The Morgan fingerprint density at radius 2 is 1.95 bits per heavy atom. The maximum absolute atomic E-state index is 13.9. The smallest absolute Gasteiger partial charge is 0.412 e. The number of nitrogens with one attached hydrogen (secondary N) is 1. The van der Waals surface area contributed by atoms with Gasteiger partial charge in [0, 0.05) is 3.57 Å². The molecule has 0 fully saturated rings. The highest BCUT2D eigenvalue weighted by atomic mass is 127. The van der Waals surface area contributed by atoms with Crippen molar-refractivity contribution in [1.82, 2.24) is 0 Å². The van der Waals surface area contributed by atoms with Gasteiger partial charge in [0.25, 0.3) is 0 Å². The Bertz CT molecular complexity index is 668. The molecule has 2 aromatic rings. The van der Waals surface area contributed by atoms with Crippen molar-refractivity contribution in [3.05, 3.63) is 61.6 Å². The van der Waals surface area contributed by atoms with Gasteiger partial charge in [-0.1, -0.05) is 30.3 Å². The lowest BCUT2D eigenvalue weighted by Gasteiger charge is -2.11. The van der Waals surface area contributed by atoms with Gasteiger partial charge in [0.15, 0.2) is 5.82 Å². The first-order chi connectivity index (χ1) is 9.99. The Balaban J connectivity index is 2.05. The normalized spacial score (nSPS) is 10.3. The van der Waals surface area contributed by atoms with Crippen LogP contribution in [0.2, 0.25) is 0 Å². The molecule has 0 radical (unpaired) electrons. The van der Waals surface area contributed by atoms with E-state index in [4.69, 9.17) is 4.74 Å². The number of hydrogen-bond acceptors (Lipinski definition) is 2. The van der Waals surface area contributed by atoms with Crippen molar-refractivity contribution >= 4 is 50.3 Å². The van der Waals surface area contributed by atoms with Gasteiger partial charge in [-0.2, -0.15) is 0 Å². The molecule has 0 aliphatic carbocycles. The van der Waals surface area contributed by atoms with Crippen LogP contribution in [0.5, 0.6) is 0 Å². The van der Waals surface area contributed by atoms with Crippen molar-refractivity contribution < 1.29 is 18.3 Å². The van der Waals surface area contributed by atoms with Gasteiger partial charge in [-0.15, -0.1) is 0 Å². The van der Waals surface area contributed by atoms with Gasteiger partial charge >= 0.3 is 6.09 Å². The number of anilines is 1. The summed E-state index contributed by atoms with van der Waals surface area (Å²) in [6, 6.07) is 10.2. The molecule has 7 heteroatoms. The molecule has 0 aliphatic heterocycles. The van der Waals surface area contributed by atoms with E-state index in [1.54, 1.807) is 34.7 Å². The minimum absolute atomic E-state index is 0.0627. The number of carbonyl (C=O) groups excluding carboxylic acids is 1. The van der Waals surface area contributed by atoms with E-state index in [9.17, 15) is 13.6 Å². The molecule has 0 atom stereocenters. The van der Waals surface area contributed by atoms with Crippen LogP contribution < -0.4 is 5.32 Å². The molecular formula is C14H9BrF2INO2. The van der Waals surface area contributed by atoms with Gasteiger partial charge in [-0.3, -0.25) is 5.32 Å². The summed E-state index contributed by atoms with van der Waals surface area (Å²) >= 11 is 4.51. The van der Waals surface area contributed by atoms with Crippen LogP contribution in [-0.2, 0) is 11.3 Å². The predicted octanol–water partition coefficient (Wildman–Crippen LogP) is 5.08. The Kier molecular flexibility index (Phi) is 5.51. The zero-order valence-electron chi connectivity index (χ0n) is 10.5. The van der Waals surface area contributed by atoms with E-state index in [2.05, 4.69) is 21.2 Å². The summed E-state index contributed by atoms with van der Waals surface area (Å²) in [7, 11) is 0. The monoisotopic (exact) mass is 467 g/mol. The molecule has 0 aliphatic rings. The third-order valence-electron chi connectivity index (χ3n) is 2.55. The van der Waals surface area contributed by atoms with Crippen LogP contribution in [0.3, 0.4) is 0 Å². The topological polar surface area (TPSA) is 38.3 Å². The average molecular weight is 468 g/mol. The first kappa shape index (κ1) is 16.2. The van der Waals surface area contributed by atoms with Crippen molar-refractivity contribution in [3.63, 3.8) is 0 Å². The SMILES string of the molecule is O=C(Nc1c(I)cc(F)c(Br)c1F)OCc1ccccc1. The summed E-state index contributed by atoms with van der Waals surface area (Å²) < 4.78 is 32.1. The first-order valence-electron chi connectivity index (χ1n) is 5.79. The van der Waals surface area contributed by atoms with Crippen LogP contribution >= 0.6 is 38.5 Å². The molecule has 0 unspecified atom stereocenters. The second-order valence-corrected chi connectivity index (χ2v) is 5.99. The highest BCUT2D eigenvalue weighted by molar-refractivity contribution is 14.1. The number of halogens is 4. The number of benzene rings is 2. The molecule has 0 saturated carbocycles. The van der Waals surface area contributed by atoms with Crippen molar-refractivity contribution in [2.75, 3.05) is 5.32 Å². The van der Waals surface area contributed by atoms with E-state index in [0.717, 1.165) is 11.6 Å². The second kappa shape index (κ2) is 7.17. The zero-order chi connectivity index (χ0) is 15.4. The largest absolute Gasteiger partial charge is 0.444 e. The van der Waals surface area contributed by atoms with Gasteiger partial charge in [-0.05, 0) is 50.2 Å². The number of amides is 1. The Hall–Kier alpha value is -1.22. The number of ether oxygens (including phenoxy) is 1. The van der Waals surface area contributed by atoms with Crippen LogP contribution in [0.15, 0.2) is 40.9 Å². The minimum atomic E-state index is -0.879. The summed E-state index contributed by atoms with van der Waals surface area (Å²) in [6.45, 7) is 0.0627. The van der Waals surface area contributed by atoms with Crippen molar-refractivity contribution in [2.45, 2.75) is 6.61 Å². The molecule has 21 heavy (non-hydrogen) atoms. The van der Waals surface area contributed by atoms with Gasteiger partial charge in [-0.25, -0.2) is 13.6 Å². The molecule has 2 aromatic carbocycles. The van der Waals surface area contributed by atoms with Crippen LogP contribution in [0, 0.1) is 15.2 Å². The first-order valence-corrected chi connectivity index (χ1v) is 7.67. The zero-order valence-corrected chi connectivity index (χ0v) is 14.2. The highest BCUT2D eigenvalue weighted by Gasteiger charge is 2.18. The van der Waals surface area contributed by atoms with Crippen molar-refractivity contribution in [3.8, 4) is 0 Å². The number of rotatable bonds is 3. The Morgan fingerprint density at radius 1 is 1.29 bits per heavy atom. The Morgan fingerprint density at radius 3 is 2.62 bits per heavy atom. The van der Waals surface area contributed by atoms with E-state index in [1.807, 2.05) is 18.2 Å². The lowest BCUT2D eigenvalue weighted by Crippen LogP contribution is -2.16. The van der Waals surface area contributed by atoms with Gasteiger partial charge in [0.2, 0.25) is 0 Å². The average Bonchev–Trinajstić information content (AvgIpc) is 2.48. The van der Waals surface area contributed by atoms with E-state index in [1.165, 1.54) is 0 Å². The summed E-state index contributed by atoms with van der Waals surface area (Å²) in [5.74, 6) is -1.61. The molecule has 3 nitrogen and oxygen atoms in total. The van der Waals surface area contributed by atoms with Crippen LogP contribution in [0.25, 0.3) is 0 Å². The fourth-order valence-corrected chi connectivity index (χ4v) is 2.50. The number of hydrogen-bond donors (Lipinski definition) is 1. The molecular weight excluding hydrogens is 459 g/mol. The molecule has 1 N–H and O–H groups in total. The third-order valence-corrected chi connectivity index (χ3v) is 4.13. The fraction of sp³-hybridized carbons (Fsp3) is 0.0714. The molecule has 110 valence electrons. The third kappa shape index (κ3) is 4.13. The highest BCUT2D eigenvalue weighted by Crippen LogP contribution is 2.30. The summed E-state index contributed by atoms with van der Waals surface area (Å²) in [6.07, 6.45) is -0.811.